The molecule has 4 N–H and O–H groups in total. The highest BCUT2D eigenvalue weighted by atomic mass is 16.3. The van der Waals surface area contributed by atoms with Crippen LogP contribution in [0.1, 0.15) is 18.4 Å². The van der Waals surface area contributed by atoms with Gasteiger partial charge in [-0.2, -0.15) is 0 Å². The van der Waals surface area contributed by atoms with Crippen LogP contribution in [0.25, 0.3) is 0 Å². The molecule has 1 heterocycles. The summed E-state index contributed by atoms with van der Waals surface area (Å²) in [4.78, 5) is 2.31. The van der Waals surface area contributed by atoms with Crippen molar-refractivity contribution in [2.24, 2.45) is 11.8 Å². The van der Waals surface area contributed by atoms with Crippen molar-refractivity contribution in [3.05, 3.63) is 23.8 Å². The number of aliphatic hydroxyl groups excluding tert-OH is 1. The van der Waals surface area contributed by atoms with Gasteiger partial charge in [0.1, 0.15) is 5.75 Å². The van der Waals surface area contributed by atoms with Crippen LogP contribution < -0.4 is 5.73 Å². The lowest BCUT2D eigenvalue weighted by Crippen LogP contribution is -2.24. The van der Waals surface area contributed by atoms with Crippen LogP contribution in [0.3, 0.4) is 0 Å². The van der Waals surface area contributed by atoms with Gasteiger partial charge in [0.2, 0.25) is 0 Å². The monoisotopic (exact) mass is 248 g/mol. The minimum atomic E-state index is -0.130. The summed E-state index contributed by atoms with van der Waals surface area (Å²) in [6.07, 6.45) is 1.95. The van der Waals surface area contributed by atoms with Crippen LogP contribution in [0, 0.1) is 11.8 Å². The summed E-state index contributed by atoms with van der Waals surface area (Å²) in [6, 6.07) is 5.19. The number of rotatable bonds is 2. The first-order chi connectivity index (χ1) is 8.63. The maximum absolute atomic E-state index is 9.89. The third kappa shape index (κ3) is 2.06. The van der Waals surface area contributed by atoms with E-state index in [0.717, 1.165) is 38.0 Å². The van der Waals surface area contributed by atoms with Crippen molar-refractivity contribution in [1.29, 1.82) is 0 Å². The highest BCUT2D eigenvalue weighted by molar-refractivity contribution is 5.47. The number of anilines is 1. The van der Waals surface area contributed by atoms with Gasteiger partial charge in [-0.05, 0) is 37.0 Å². The maximum Gasteiger partial charge on any atom is 0.120 e. The number of fused-ring (bicyclic) bond motifs is 1. The number of nitrogens with two attached hydrogens (primary N) is 1. The standard InChI is InChI=1S/C14H20N2O2/c15-11-2-4-13(17)10(5-11)7-16-6-9-1-3-14(18)12(9)8-16/h2,4-5,9,12,14,17-18H,1,3,6-8,15H2. The molecule has 1 aliphatic carbocycles. The molecule has 1 saturated carbocycles. The van der Waals surface area contributed by atoms with Gasteiger partial charge >= 0.3 is 0 Å². The molecule has 3 atom stereocenters. The smallest absolute Gasteiger partial charge is 0.120 e. The van der Waals surface area contributed by atoms with Crippen LogP contribution in [0.15, 0.2) is 18.2 Å². The lowest BCUT2D eigenvalue weighted by molar-refractivity contribution is 0.123. The first-order valence-electron chi connectivity index (χ1n) is 6.61. The van der Waals surface area contributed by atoms with E-state index in [0.29, 0.717) is 23.3 Å². The fourth-order valence-corrected chi connectivity index (χ4v) is 3.43. The number of hydrogen-bond acceptors (Lipinski definition) is 4. The van der Waals surface area contributed by atoms with Crippen LogP contribution in [0.2, 0.25) is 0 Å². The number of likely N-dealkylation sites (tertiary alicyclic amines) is 1. The molecule has 98 valence electrons. The molecule has 1 aliphatic heterocycles. The van der Waals surface area contributed by atoms with Gasteiger partial charge in [0.25, 0.3) is 0 Å². The fraction of sp³-hybridized carbons (Fsp3) is 0.571. The summed E-state index contributed by atoms with van der Waals surface area (Å²) in [5.41, 5.74) is 7.31. The molecular formula is C14H20N2O2. The third-order valence-corrected chi connectivity index (χ3v) is 4.39. The first kappa shape index (κ1) is 11.8. The molecule has 1 aromatic carbocycles. The Kier molecular flexibility index (Phi) is 2.92. The minimum Gasteiger partial charge on any atom is -0.508 e. The normalized spacial score (nSPS) is 31.7. The lowest BCUT2D eigenvalue weighted by Gasteiger charge is -2.18. The molecule has 1 aromatic rings. The van der Waals surface area contributed by atoms with Crippen molar-refractivity contribution in [1.82, 2.24) is 4.90 Å². The Labute approximate surface area is 107 Å². The Morgan fingerprint density at radius 3 is 2.89 bits per heavy atom. The van der Waals surface area contributed by atoms with Crippen molar-refractivity contribution in [2.45, 2.75) is 25.5 Å². The first-order valence-corrected chi connectivity index (χ1v) is 6.61. The Balaban J connectivity index is 1.69. The lowest BCUT2D eigenvalue weighted by atomic mass is 10.00. The number of hydrogen-bond donors (Lipinski definition) is 3. The molecule has 0 bridgehead atoms. The molecule has 0 aromatic heterocycles. The summed E-state index contributed by atoms with van der Waals surface area (Å²) in [5, 5.41) is 19.7. The largest absolute Gasteiger partial charge is 0.508 e. The molecule has 3 rings (SSSR count). The van der Waals surface area contributed by atoms with Crippen molar-refractivity contribution in [3.63, 3.8) is 0 Å². The summed E-state index contributed by atoms with van der Waals surface area (Å²) < 4.78 is 0. The summed E-state index contributed by atoms with van der Waals surface area (Å²) in [7, 11) is 0. The average molecular weight is 248 g/mol. The molecule has 2 aliphatic rings. The molecule has 1 saturated heterocycles. The number of aromatic hydroxyl groups is 1. The molecular weight excluding hydrogens is 228 g/mol. The highest BCUT2D eigenvalue weighted by Crippen LogP contribution is 2.39. The molecule has 4 heteroatoms. The third-order valence-electron chi connectivity index (χ3n) is 4.39. The molecule has 18 heavy (non-hydrogen) atoms. The Morgan fingerprint density at radius 2 is 2.11 bits per heavy atom. The molecule has 0 radical (unpaired) electrons. The molecule has 2 fully saturated rings. The Morgan fingerprint density at radius 1 is 1.28 bits per heavy atom. The van der Waals surface area contributed by atoms with Gasteiger partial charge in [-0.15, -0.1) is 0 Å². The van der Waals surface area contributed by atoms with E-state index in [2.05, 4.69) is 4.90 Å². The second kappa shape index (κ2) is 4.44. The predicted molar refractivity (Wildman–Crippen MR) is 70.0 cm³/mol. The Bertz CT molecular complexity index is 449. The van der Waals surface area contributed by atoms with Crippen LogP contribution in [-0.2, 0) is 6.54 Å². The number of nitrogen functional groups attached to an aromatic ring is 1. The van der Waals surface area contributed by atoms with E-state index in [1.54, 1.807) is 12.1 Å². The summed E-state index contributed by atoms with van der Waals surface area (Å²) in [6.45, 7) is 2.67. The van der Waals surface area contributed by atoms with E-state index in [9.17, 15) is 10.2 Å². The van der Waals surface area contributed by atoms with Crippen molar-refractivity contribution in [3.8, 4) is 5.75 Å². The summed E-state index contributed by atoms with van der Waals surface area (Å²) >= 11 is 0. The molecule has 3 unspecified atom stereocenters. The summed E-state index contributed by atoms with van der Waals surface area (Å²) in [5.74, 6) is 1.36. The van der Waals surface area contributed by atoms with Gasteiger partial charge < -0.3 is 15.9 Å². The van der Waals surface area contributed by atoms with Gasteiger partial charge in [-0.25, -0.2) is 0 Å². The number of phenolic OH excluding ortho intramolecular Hbond substituents is 1. The van der Waals surface area contributed by atoms with Gasteiger partial charge in [-0.3, -0.25) is 4.90 Å². The van der Waals surface area contributed by atoms with Crippen LogP contribution in [0.4, 0.5) is 5.69 Å². The van der Waals surface area contributed by atoms with Gasteiger partial charge in [0.15, 0.2) is 0 Å². The van der Waals surface area contributed by atoms with Crippen molar-refractivity contribution < 1.29 is 10.2 Å². The van der Waals surface area contributed by atoms with E-state index in [1.165, 1.54) is 0 Å². The minimum absolute atomic E-state index is 0.130. The maximum atomic E-state index is 9.89. The van der Waals surface area contributed by atoms with Crippen LogP contribution >= 0.6 is 0 Å². The fourth-order valence-electron chi connectivity index (χ4n) is 3.43. The molecule has 0 spiro atoms. The van der Waals surface area contributed by atoms with E-state index < -0.39 is 0 Å². The van der Waals surface area contributed by atoms with Crippen molar-refractivity contribution in [2.75, 3.05) is 18.8 Å². The number of aliphatic hydroxyl groups is 1. The van der Waals surface area contributed by atoms with E-state index in [1.807, 2.05) is 6.07 Å². The average Bonchev–Trinajstić information content (AvgIpc) is 2.87. The number of phenols is 1. The van der Waals surface area contributed by atoms with E-state index in [4.69, 9.17) is 5.73 Å². The van der Waals surface area contributed by atoms with Crippen LogP contribution in [-0.4, -0.2) is 34.3 Å². The number of benzene rings is 1. The second-order valence-electron chi connectivity index (χ2n) is 5.65. The SMILES string of the molecule is Nc1ccc(O)c(CN2CC3CCC(O)C3C2)c1. The predicted octanol–water partition coefficient (Wildman–Crippen LogP) is 1.18. The van der Waals surface area contributed by atoms with Gasteiger partial charge in [-0.1, -0.05) is 0 Å². The number of nitrogens with zero attached hydrogens (tertiary/aromatic N) is 1. The zero-order chi connectivity index (χ0) is 12.7. The topological polar surface area (TPSA) is 69.7 Å². The van der Waals surface area contributed by atoms with E-state index in [-0.39, 0.29) is 6.10 Å². The molecule has 4 nitrogen and oxygen atoms in total. The van der Waals surface area contributed by atoms with Crippen molar-refractivity contribution >= 4 is 5.69 Å². The van der Waals surface area contributed by atoms with Crippen LogP contribution in [0.5, 0.6) is 5.75 Å². The Hall–Kier alpha value is -1.26. The van der Waals surface area contributed by atoms with Gasteiger partial charge in [0.05, 0.1) is 6.10 Å². The zero-order valence-electron chi connectivity index (χ0n) is 10.4. The highest BCUT2D eigenvalue weighted by Gasteiger charge is 2.41. The molecule has 0 amide bonds. The van der Waals surface area contributed by atoms with Gasteiger partial charge in [0, 0.05) is 36.8 Å². The second-order valence-corrected chi connectivity index (χ2v) is 5.65. The quantitative estimate of drug-likeness (QED) is 0.543. The van der Waals surface area contributed by atoms with E-state index >= 15 is 0 Å². The zero-order valence-corrected chi connectivity index (χ0v) is 10.4.